The Labute approximate surface area is 117 Å². The summed E-state index contributed by atoms with van der Waals surface area (Å²) in [7, 11) is -3.67. The Morgan fingerprint density at radius 1 is 1.20 bits per heavy atom. The maximum atomic E-state index is 12.7. The highest BCUT2D eigenvalue weighted by Crippen LogP contribution is 2.18. The molecule has 5 nitrogen and oxygen atoms in total. The molecular weight excluding hydrogens is 283 g/mol. The monoisotopic (exact) mass is 300 g/mol. The maximum Gasteiger partial charge on any atom is 0.277 e. The van der Waals surface area contributed by atoms with Crippen molar-refractivity contribution < 1.29 is 17.6 Å². The first-order valence-corrected chi connectivity index (χ1v) is 8.00. The number of carbonyl (C=O) groups is 1. The summed E-state index contributed by atoms with van der Waals surface area (Å²) in [5, 5.41) is 0. The van der Waals surface area contributed by atoms with Gasteiger partial charge in [0, 0.05) is 11.6 Å². The van der Waals surface area contributed by atoms with Crippen LogP contribution in [-0.2, 0) is 10.2 Å². The van der Waals surface area contributed by atoms with Crippen LogP contribution in [0, 0.1) is 5.82 Å². The van der Waals surface area contributed by atoms with Gasteiger partial charge in [0.1, 0.15) is 5.82 Å². The van der Waals surface area contributed by atoms with E-state index in [4.69, 9.17) is 0 Å². The fourth-order valence-electron chi connectivity index (χ4n) is 2.20. The Hall–Kier alpha value is -1.31. The zero-order valence-corrected chi connectivity index (χ0v) is 11.7. The van der Waals surface area contributed by atoms with Crippen LogP contribution in [0.15, 0.2) is 24.3 Å². The Bertz CT molecular complexity index is 566. The molecule has 7 heteroatoms. The summed E-state index contributed by atoms with van der Waals surface area (Å²) in [6.07, 6.45) is 3.68. The number of rotatable bonds is 6. The molecule has 110 valence electrons. The molecule has 0 unspecified atom stereocenters. The van der Waals surface area contributed by atoms with Gasteiger partial charge >= 0.3 is 0 Å². The molecule has 0 aromatic heterocycles. The molecule has 0 amide bonds. The molecule has 0 atom stereocenters. The van der Waals surface area contributed by atoms with Crippen molar-refractivity contribution in [3.63, 3.8) is 0 Å². The number of Topliss-reactive ketones (excluding diaryl/α,β-unsaturated/α-hetero) is 1. The van der Waals surface area contributed by atoms with Crippen molar-refractivity contribution >= 4 is 16.0 Å². The number of ketones is 1. The molecule has 0 heterocycles. The van der Waals surface area contributed by atoms with Gasteiger partial charge in [-0.2, -0.15) is 17.9 Å². The average Bonchev–Trinajstić information content (AvgIpc) is 2.89. The summed E-state index contributed by atoms with van der Waals surface area (Å²) in [5.74, 6) is -0.841. The van der Waals surface area contributed by atoms with Gasteiger partial charge in [-0.25, -0.2) is 4.39 Å². The molecule has 0 radical (unpaired) electrons. The lowest BCUT2D eigenvalue weighted by molar-refractivity contribution is 0.0996. The third kappa shape index (κ3) is 4.36. The molecule has 1 aromatic rings. The summed E-state index contributed by atoms with van der Waals surface area (Å²) in [4.78, 5) is 11.8. The number of hydrogen-bond donors (Lipinski definition) is 2. The third-order valence-corrected chi connectivity index (χ3v) is 4.43. The average molecular weight is 300 g/mol. The molecule has 1 aliphatic carbocycles. The predicted octanol–water partition coefficient (Wildman–Crippen LogP) is 1.37. The van der Waals surface area contributed by atoms with Crippen molar-refractivity contribution in [1.82, 2.24) is 9.44 Å². The third-order valence-electron chi connectivity index (χ3n) is 3.27. The summed E-state index contributed by atoms with van der Waals surface area (Å²) >= 11 is 0. The number of halogens is 1. The van der Waals surface area contributed by atoms with E-state index in [-0.39, 0.29) is 18.2 Å². The van der Waals surface area contributed by atoms with E-state index in [1.165, 1.54) is 24.3 Å². The summed E-state index contributed by atoms with van der Waals surface area (Å²) in [5.41, 5.74) is 0.273. The number of hydrogen-bond acceptors (Lipinski definition) is 3. The van der Waals surface area contributed by atoms with E-state index in [0.717, 1.165) is 25.7 Å². The minimum atomic E-state index is -3.67. The van der Waals surface area contributed by atoms with Gasteiger partial charge in [-0.3, -0.25) is 4.79 Å². The van der Waals surface area contributed by atoms with Crippen molar-refractivity contribution in [2.75, 3.05) is 6.54 Å². The maximum absolute atomic E-state index is 12.7. The number of carbonyl (C=O) groups excluding carboxylic acids is 1. The largest absolute Gasteiger partial charge is 0.293 e. The smallest absolute Gasteiger partial charge is 0.277 e. The van der Waals surface area contributed by atoms with Crippen LogP contribution in [-0.4, -0.2) is 26.8 Å². The molecule has 1 fully saturated rings. The van der Waals surface area contributed by atoms with Gasteiger partial charge in [0.15, 0.2) is 5.78 Å². The molecule has 2 N–H and O–H groups in total. The number of benzene rings is 1. The lowest BCUT2D eigenvalue weighted by Gasteiger charge is -2.12. The van der Waals surface area contributed by atoms with E-state index in [0.29, 0.717) is 0 Å². The highest BCUT2D eigenvalue weighted by Gasteiger charge is 2.21. The highest BCUT2D eigenvalue weighted by atomic mass is 32.2. The lowest BCUT2D eigenvalue weighted by Crippen LogP contribution is -2.43. The molecular formula is C13H17FN2O3S. The molecule has 1 aromatic carbocycles. The quantitative estimate of drug-likeness (QED) is 0.779. The van der Waals surface area contributed by atoms with E-state index < -0.39 is 21.8 Å². The fraction of sp³-hybridized carbons (Fsp3) is 0.462. The molecule has 1 aliphatic rings. The van der Waals surface area contributed by atoms with Gasteiger partial charge in [0.2, 0.25) is 0 Å². The fourth-order valence-corrected chi connectivity index (χ4v) is 3.28. The Kier molecular flexibility index (Phi) is 4.85. The standard InChI is InChI=1S/C13H17FN2O3S/c14-11-7-5-10(6-8-11)13(17)9-15-20(18,19)16-12-3-1-2-4-12/h5-8,12,15-16H,1-4,9H2. The summed E-state index contributed by atoms with van der Waals surface area (Å²) in [6.45, 7) is -0.340. The van der Waals surface area contributed by atoms with Gasteiger partial charge in [-0.05, 0) is 37.1 Å². The van der Waals surface area contributed by atoms with Gasteiger partial charge < -0.3 is 0 Å². The van der Waals surface area contributed by atoms with Crippen LogP contribution in [0.3, 0.4) is 0 Å². The number of nitrogens with one attached hydrogen (secondary N) is 2. The summed E-state index contributed by atoms with van der Waals surface area (Å²) in [6, 6.07) is 4.94. The minimum Gasteiger partial charge on any atom is -0.293 e. The molecule has 0 aliphatic heterocycles. The SMILES string of the molecule is O=C(CNS(=O)(=O)NC1CCCC1)c1ccc(F)cc1. The molecule has 2 rings (SSSR count). The Balaban J connectivity index is 1.87. The molecule has 0 saturated heterocycles. The topological polar surface area (TPSA) is 75.3 Å². The van der Waals surface area contributed by atoms with Gasteiger partial charge in [-0.1, -0.05) is 12.8 Å². The molecule has 20 heavy (non-hydrogen) atoms. The zero-order chi connectivity index (χ0) is 14.6. The molecule has 0 spiro atoms. The lowest BCUT2D eigenvalue weighted by atomic mass is 10.1. The Morgan fingerprint density at radius 2 is 1.80 bits per heavy atom. The van der Waals surface area contributed by atoms with Crippen LogP contribution in [0.2, 0.25) is 0 Å². The van der Waals surface area contributed by atoms with Crippen molar-refractivity contribution in [1.29, 1.82) is 0 Å². The van der Waals surface area contributed by atoms with Crippen molar-refractivity contribution in [2.24, 2.45) is 0 Å². The second kappa shape index (κ2) is 6.43. The van der Waals surface area contributed by atoms with E-state index in [1.54, 1.807) is 0 Å². The predicted molar refractivity (Wildman–Crippen MR) is 73.0 cm³/mol. The van der Waals surface area contributed by atoms with Crippen LogP contribution in [0.5, 0.6) is 0 Å². The van der Waals surface area contributed by atoms with E-state index >= 15 is 0 Å². The van der Waals surface area contributed by atoms with Gasteiger partial charge in [0.25, 0.3) is 10.2 Å². The second-order valence-corrected chi connectivity index (χ2v) is 6.39. The van der Waals surface area contributed by atoms with Crippen LogP contribution < -0.4 is 9.44 Å². The van der Waals surface area contributed by atoms with Crippen molar-refractivity contribution in [3.8, 4) is 0 Å². The van der Waals surface area contributed by atoms with Crippen LogP contribution in [0.4, 0.5) is 4.39 Å². The zero-order valence-electron chi connectivity index (χ0n) is 10.9. The highest BCUT2D eigenvalue weighted by molar-refractivity contribution is 7.87. The summed E-state index contributed by atoms with van der Waals surface area (Å²) < 4.78 is 40.9. The van der Waals surface area contributed by atoms with E-state index in [2.05, 4.69) is 9.44 Å². The molecule has 0 bridgehead atoms. The second-order valence-electron chi connectivity index (χ2n) is 4.85. The van der Waals surface area contributed by atoms with Crippen LogP contribution in [0.25, 0.3) is 0 Å². The van der Waals surface area contributed by atoms with Crippen molar-refractivity contribution in [2.45, 2.75) is 31.7 Å². The first-order chi connectivity index (χ1) is 9.46. The van der Waals surface area contributed by atoms with Gasteiger partial charge in [-0.15, -0.1) is 0 Å². The van der Waals surface area contributed by atoms with Crippen molar-refractivity contribution in [3.05, 3.63) is 35.6 Å². The molecule has 1 saturated carbocycles. The van der Waals surface area contributed by atoms with Crippen LogP contribution in [0.1, 0.15) is 36.0 Å². The minimum absolute atomic E-state index is 0.0478. The van der Waals surface area contributed by atoms with Crippen LogP contribution >= 0.6 is 0 Å². The Morgan fingerprint density at radius 3 is 2.40 bits per heavy atom. The first-order valence-electron chi connectivity index (χ1n) is 6.52. The van der Waals surface area contributed by atoms with Gasteiger partial charge in [0.05, 0.1) is 6.54 Å². The van der Waals surface area contributed by atoms with E-state index in [9.17, 15) is 17.6 Å². The van der Waals surface area contributed by atoms with E-state index in [1.807, 2.05) is 0 Å². The first kappa shape index (κ1) is 15.1. The normalized spacial score (nSPS) is 16.4.